The molecule has 1 saturated carbocycles. The number of hydrogen-bond acceptors (Lipinski definition) is 5. The smallest absolute Gasteiger partial charge is 0.178 e. The summed E-state index contributed by atoms with van der Waals surface area (Å²) in [5, 5.41) is 0. The van der Waals surface area contributed by atoms with E-state index in [0.717, 1.165) is 25.7 Å². The van der Waals surface area contributed by atoms with Gasteiger partial charge in [-0.05, 0) is 55.9 Å². The summed E-state index contributed by atoms with van der Waals surface area (Å²) in [6, 6.07) is 6.24. The van der Waals surface area contributed by atoms with Gasteiger partial charge in [0.15, 0.2) is 9.84 Å². The molecular formula is C18H26FNO4S. The van der Waals surface area contributed by atoms with Crippen LogP contribution in [0.15, 0.2) is 41.1 Å². The lowest BCUT2D eigenvalue weighted by Crippen LogP contribution is -2.25. The van der Waals surface area contributed by atoms with Gasteiger partial charge in [-0.2, -0.15) is 0 Å². The lowest BCUT2D eigenvalue weighted by atomic mass is 9.89. The maximum atomic E-state index is 12.6. The third-order valence-corrected chi connectivity index (χ3v) is 6.51. The molecule has 0 unspecified atom stereocenters. The second kappa shape index (κ2) is 9.31. The van der Waals surface area contributed by atoms with Crippen molar-refractivity contribution in [2.24, 2.45) is 11.7 Å². The van der Waals surface area contributed by atoms with E-state index in [2.05, 4.69) is 0 Å². The Labute approximate surface area is 148 Å². The summed E-state index contributed by atoms with van der Waals surface area (Å²) in [4.78, 5) is 0.286. The van der Waals surface area contributed by atoms with Crippen molar-refractivity contribution in [3.8, 4) is 5.75 Å². The molecule has 0 atom stereocenters. The van der Waals surface area contributed by atoms with Gasteiger partial charge in [0, 0.05) is 19.2 Å². The molecule has 1 aromatic rings. The molecular weight excluding hydrogens is 345 g/mol. The predicted molar refractivity (Wildman–Crippen MR) is 95.0 cm³/mol. The van der Waals surface area contributed by atoms with Gasteiger partial charge in [0.1, 0.15) is 12.4 Å². The molecule has 0 aromatic heterocycles. The van der Waals surface area contributed by atoms with E-state index in [9.17, 15) is 12.8 Å². The summed E-state index contributed by atoms with van der Waals surface area (Å²) < 4.78 is 48.3. The average Bonchev–Trinajstić information content (AvgIpc) is 2.63. The highest BCUT2D eigenvalue weighted by atomic mass is 32.2. The van der Waals surface area contributed by atoms with Crippen LogP contribution in [-0.2, 0) is 14.6 Å². The molecule has 1 aromatic carbocycles. The zero-order valence-electron chi connectivity index (χ0n) is 14.5. The van der Waals surface area contributed by atoms with Crippen LogP contribution in [0.4, 0.5) is 4.39 Å². The molecule has 0 amide bonds. The molecule has 0 bridgehead atoms. The van der Waals surface area contributed by atoms with Gasteiger partial charge >= 0.3 is 0 Å². The van der Waals surface area contributed by atoms with Gasteiger partial charge in [-0.15, -0.1) is 0 Å². The number of ether oxygens (including phenoxy) is 2. The Bertz CT molecular complexity index is 665. The van der Waals surface area contributed by atoms with Crippen LogP contribution >= 0.6 is 0 Å². The van der Waals surface area contributed by atoms with Gasteiger partial charge in [-0.25, -0.2) is 12.8 Å². The number of rotatable bonds is 8. The second-order valence-corrected chi connectivity index (χ2v) is 8.43. The molecule has 1 fully saturated rings. The molecule has 2 rings (SSSR count). The monoisotopic (exact) mass is 371 g/mol. The summed E-state index contributed by atoms with van der Waals surface area (Å²) >= 11 is 0. The highest BCUT2D eigenvalue weighted by Gasteiger charge is 2.26. The minimum atomic E-state index is -3.33. The molecule has 0 aliphatic heterocycles. The van der Waals surface area contributed by atoms with Crippen molar-refractivity contribution in [1.29, 1.82) is 0 Å². The van der Waals surface area contributed by atoms with E-state index in [1.807, 2.05) is 0 Å². The number of halogens is 1. The Hall–Kier alpha value is -1.44. The normalized spacial score (nSPS) is 22.0. The van der Waals surface area contributed by atoms with Crippen LogP contribution < -0.4 is 10.5 Å². The number of nitrogens with two attached hydrogens (primary N) is 1. The maximum absolute atomic E-state index is 12.6. The molecule has 0 radical (unpaired) electrons. The van der Waals surface area contributed by atoms with Crippen LogP contribution in [0.25, 0.3) is 0 Å². The molecule has 140 valence electrons. The minimum Gasteiger partial charge on any atom is -0.489 e. The highest BCUT2D eigenvalue weighted by molar-refractivity contribution is 7.91. The third-order valence-electron chi connectivity index (χ3n) is 4.61. The summed E-state index contributed by atoms with van der Waals surface area (Å²) in [6.07, 6.45) is 4.25. The van der Waals surface area contributed by atoms with Crippen molar-refractivity contribution in [1.82, 2.24) is 0 Å². The Morgan fingerprint density at radius 2 is 1.88 bits per heavy atom. The van der Waals surface area contributed by atoms with Crippen LogP contribution in [0.5, 0.6) is 5.75 Å². The molecule has 5 nitrogen and oxygen atoms in total. The number of hydrogen-bond donors (Lipinski definition) is 1. The van der Waals surface area contributed by atoms with E-state index in [-0.39, 0.29) is 35.8 Å². The van der Waals surface area contributed by atoms with Crippen LogP contribution in [0.3, 0.4) is 0 Å². The minimum absolute atomic E-state index is 0.0435. The second-order valence-electron chi connectivity index (χ2n) is 6.39. The van der Waals surface area contributed by atoms with Gasteiger partial charge in [-0.3, -0.25) is 0 Å². The largest absolute Gasteiger partial charge is 0.489 e. The SMILES string of the molecule is COC1CCC(CS(=O)(=O)c2ccc(OC/C(=C/F)CN)cc2)CC1. The first-order valence-electron chi connectivity index (χ1n) is 8.45. The van der Waals surface area contributed by atoms with Gasteiger partial charge in [0.25, 0.3) is 0 Å². The lowest BCUT2D eigenvalue weighted by molar-refractivity contribution is 0.0597. The topological polar surface area (TPSA) is 78.6 Å². The zero-order valence-corrected chi connectivity index (χ0v) is 15.3. The first-order valence-corrected chi connectivity index (χ1v) is 10.1. The quantitative estimate of drug-likeness (QED) is 0.760. The van der Waals surface area contributed by atoms with Crippen molar-refractivity contribution >= 4 is 9.84 Å². The van der Waals surface area contributed by atoms with Gasteiger partial charge < -0.3 is 15.2 Å². The van der Waals surface area contributed by atoms with Crippen LogP contribution in [0, 0.1) is 5.92 Å². The van der Waals surface area contributed by atoms with E-state index >= 15 is 0 Å². The maximum Gasteiger partial charge on any atom is 0.178 e. The Morgan fingerprint density at radius 3 is 2.40 bits per heavy atom. The fraction of sp³-hybridized carbons (Fsp3) is 0.556. The van der Waals surface area contributed by atoms with Crippen LogP contribution in [0.2, 0.25) is 0 Å². The van der Waals surface area contributed by atoms with Crippen LogP contribution in [-0.4, -0.2) is 40.5 Å². The summed E-state index contributed by atoms with van der Waals surface area (Å²) in [6.45, 7) is 0.121. The molecule has 1 aliphatic carbocycles. The standard InChI is InChI=1S/C18H26FNO4S/c1-23-16-4-2-14(3-5-16)13-25(21,22)18-8-6-17(7-9-18)24-12-15(10-19)11-20/h6-10,14,16H,2-5,11-13,20H2,1H3/b15-10+. The van der Waals surface area contributed by atoms with Gasteiger partial charge in [0.2, 0.25) is 0 Å². The Balaban J connectivity index is 1.93. The van der Waals surface area contributed by atoms with Crippen molar-refractivity contribution in [2.45, 2.75) is 36.7 Å². The molecule has 1 aliphatic rings. The van der Waals surface area contributed by atoms with E-state index in [4.69, 9.17) is 15.2 Å². The third kappa shape index (κ3) is 5.80. The van der Waals surface area contributed by atoms with E-state index in [1.165, 1.54) is 12.1 Å². The Kier molecular flexibility index (Phi) is 7.40. The highest BCUT2D eigenvalue weighted by Crippen LogP contribution is 2.29. The van der Waals surface area contributed by atoms with Crippen molar-refractivity contribution in [2.75, 3.05) is 26.0 Å². The van der Waals surface area contributed by atoms with Crippen molar-refractivity contribution in [3.05, 3.63) is 36.2 Å². The first kappa shape index (κ1) is 19.9. The molecule has 2 N–H and O–H groups in total. The van der Waals surface area contributed by atoms with Crippen molar-refractivity contribution in [3.63, 3.8) is 0 Å². The summed E-state index contributed by atoms with van der Waals surface area (Å²) in [5.74, 6) is 0.812. The first-order chi connectivity index (χ1) is 12.0. The van der Waals surface area contributed by atoms with Crippen LogP contribution in [0.1, 0.15) is 25.7 Å². The zero-order chi connectivity index (χ0) is 18.3. The number of benzene rings is 1. The van der Waals surface area contributed by atoms with E-state index in [0.29, 0.717) is 17.7 Å². The lowest BCUT2D eigenvalue weighted by Gasteiger charge is -2.27. The predicted octanol–water partition coefficient (Wildman–Crippen LogP) is 2.86. The average molecular weight is 371 g/mol. The molecule has 0 spiro atoms. The van der Waals surface area contributed by atoms with Gasteiger partial charge in [-0.1, -0.05) is 0 Å². The van der Waals surface area contributed by atoms with E-state index in [1.54, 1.807) is 19.2 Å². The number of methoxy groups -OCH3 is 1. The summed E-state index contributed by atoms with van der Waals surface area (Å²) in [5.41, 5.74) is 5.70. The molecule has 25 heavy (non-hydrogen) atoms. The summed E-state index contributed by atoms with van der Waals surface area (Å²) in [7, 11) is -1.63. The number of sulfone groups is 1. The molecule has 0 saturated heterocycles. The van der Waals surface area contributed by atoms with Gasteiger partial charge in [0.05, 0.1) is 23.1 Å². The van der Waals surface area contributed by atoms with E-state index < -0.39 is 9.84 Å². The molecule has 0 heterocycles. The fourth-order valence-electron chi connectivity index (χ4n) is 2.99. The fourth-order valence-corrected chi connectivity index (χ4v) is 4.69. The van der Waals surface area contributed by atoms with Crippen molar-refractivity contribution < 1.29 is 22.3 Å². The Morgan fingerprint density at radius 1 is 1.24 bits per heavy atom. The molecule has 7 heteroatoms.